The van der Waals surface area contributed by atoms with Gasteiger partial charge in [0.2, 0.25) is 0 Å². The number of carbonyl (C=O) groups excluding carboxylic acids is 1. The van der Waals surface area contributed by atoms with Crippen LogP contribution < -0.4 is 5.32 Å². The molecule has 7 heteroatoms. The maximum absolute atomic E-state index is 12.7. The predicted octanol–water partition coefficient (Wildman–Crippen LogP) is 6.56. The minimum absolute atomic E-state index is 0.148. The lowest BCUT2D eigenvalue weighted by molar-refractivity contribution is 0.0998. The zero-order valence-corrected chi connectivity index (χ0v) is 17.3. The van der Waals surface area contributed by atoms with Crippen LogP contribution >= 0.6 is 34.5 Å². The molecule has 142 valence electrons. The van der Waals surface area contributed by atoms with Gasteiger partial charge in [-0.25, -0.2) is 0 Å². The number of nitriles is 1. The number of halogens is 2. The number of carbonyl (C=O) groups is 1. The Bertz CT molecular complexity index is 1110. The molecule has 0 saturated carbocycles. The molecular formula is C21H16Cl2N2O2S. The molecule has 1 aliphatic rings. The summed E-state index contributed by atoms with van der Waals surface area (Å²) in [5, 5.41) is 13.8. The van der Waals surface area contributed by atoms with Gasteiger partial charge in [0.05, 0.1) is 15.6 Å². The number of benzene rings is 1. The Morgan fingerprint density at radius 1 is 1.32 bits per heavy atom. The standard InChI is InChI=1S/C21H16Cl2N2O2S/c1-11-5-6-12-14(10-24)21(28-18(12)9-11)25-20(26)17-8-7-16(27-17)13-3-2-4-15(22)19(13)23/h2-4,7-8,11H,5-6,9H2,1H3,(H,25,26)/t11-/m0/s1. The molecule has 2 aromatic heterocycles. The summed E-state index contributed by atoms with van der Waals surface area (Å²) >= 11 is 13.8. The van der Waals surface area contributed by atoms with Crippen molar-refractivity contribution in [2.75, 3.05) is 5.32 Å². The molecule has 0 bridgehead atoms. The van der Waals surface area contributed by atoms with E-state index in [1.165, 1.54) is 16.2 Å². The SMILES string of the molecule is C[C@H]1CCc2c(sc(NC(=O)c3ccc(-c4cccc(Cl)c4Cl)o3)c2C#N)C1. The topological polar surface area (TPSA) is 66.0 Å². The summed E-state index contributed by atoms with van der Waals surface area (Å²) in [6.07, 6.45) is 2.89. The molecule has 4 nitrogen and oxygen atoms in total. The number of hydrogen-bond acceptors (Lipinski definition) is 4. The highest BCUT2D eigenvalue weighted by Gasteiger charge is 2.25. The number of hydrogen-bond donors (Lipinski definition) is 1. The first kappa shape index (κ1) is 19.1. The molecule has 0 aliphatic heterocycles. The van der Waals surface area contributed by atoms with Crippen molar-refractivity contribution < 1.29 is 9.21 Å². The number of anilines is 1. The van der Waals surface area contributed by atoms with E-state index in [9.17, 15) is 10.1 Å². The average molecular weight is 431 g/mol. The first-order chi connectivity index (χ1) is 13.5. The minimum Gasteiger partial charge on any atom is -0.451 e. The largest absolute Gasteiger partial charge is 0.451 e. The highest BCUT2D eigenvalue weighted by Crippen LogP contribution is 2.39. The molecule has 1 aromatic carbocycles. The van der Waals surface area contributed by atoms with Gasteiger partial charge in [0.15, 0.2) is 5.76 Å². The van der Waals surface area contributed by atoms with E-state index in [1.54, 1.807) is 30.3 Å². The highest BCUT2D eigenvalue weighted by molar-refractivity contribution is 7.16. The van der Waals surface area contributed by atoms with Crippen molar-refractivity contribution in [2.45, 2.75) is 26.2 Å². The van der Waals surface area contributed by atoms with Crippen molar-refractivity contribution >= 4 is 45.4 Å². The molecule has 1 amide bonds. The molecule has 28 heavy (non-hydrogen) atoms. The fraction of sp³-hybridized carbons (Fsp3) is 0.238. The van der Waals surface area contributed by atoms with Crippen molar-refractivity contribution in [1.29, 1.82) is 5.26 Å². The van der Waals surface area contributed by atoms with E-state index < -0.39 is 5.91 Å². The van der Waals surface area contributed by atoms with E-state index in [0.29, 0.717) is 37.9 Å². The molecule has 1 aliphatic carbocycles. The van der Waals surface area contributed by atoms with Crippen LogP contribution in [-0.4, -0.2) is 5.91 Å². The second-order valence-electron chi connectivity index (χ2n) is 6.89. The number of nitrogens with one attached hydrogen (secondary N) is 1. The van der Waals surface area contributed by atoms with Crippen LogP contribution in [0.15, 0.2) is 34.7 Å². The molecule has 1 atom stereocenters. The summed E-state index contributed by atoms with van der Waals surface area (Å²) in [7, 11) is 0. The molecule has 0 fully saturated rings. The average Bonchev–Trinajstić information content (AvgIpc) is 3.28. The third-order valence-corrected chi connectivity index (χ3v) is 6.89. The van der Waals surface area contributed by atoms with Crippen LogP contribution in [-0.2, 0) is 12.8 Å². The molecule has 2 heterocycles. The van der Waals surface area contributed by atoms with E-state index in [4.69, 9.17) is 27.6 Å². The Labute approximate surface area is 176 Å². The quantitative estimate of drug-likeness (QED) is 0.511. The van der Waals surface area contributed by atoms with Crippen LogP contribution in [0.1, 0.15) is 39.9 Å². The zero-order valence-electron chi connectivity index (χ0n) is 15.0. The summed E-state index contributed by atoms with van der Waals surface area (Å²) < 4.78 is 5.70. The van der Waals surface area contributed by atoms with Crippen LogP contribution in [0.3, 0.4) is 0 Å². The van der Waals surface area contributed by atoms with Crippen LogP contribution in [0.4, 0.5) is 5.00 Å². The smallest absolute Gasteiger partial charge is 0.292 e. The fourth-order valence-electron chi connectivity index (χ4n) is 3.42. The summed E-state index contributed by atoms with van der Waals surface area (Å²) in [5.41, 5.74) is 2.27. The molecule has 0 spiro atoms. The number of fused-ring (bicyclic) bond motifs is 1. The Morgan fingerprint density at radius 2 is 2.14 bits per heavy atom. The maximum Gasteiger partial charge on any atom is 0.292 e. The van der Waals surface area contributed by atoms with Gasteiger partial charge < -0.3 is 9.73 Å². The first-order valence-corrected chi connectivity index (χ1v) is 10.5. The van der Waals surface area contributed by atoms with Crippen molar-refractivity contribution in [3.05, 3.63) is 62.1 Å². The fourth-order valence-corrected chi connectivity index (χ4v) is 5.17. The van der Waals surface area contributed by atoms with Crippen LogP contribution in [0, 0.1) is 17.2 Å². The van der Waals surface area contributed by atoms with Gasteiger partial charge in [-0.1, -0.05) is 36.2 Å². The minimum atomic E-state index is -0.396. The summed E-state index contributed by atoms with van der Waals surface area (Å²) in [6, 6.07) is 10.7. The van der Waals surface area contributed by atoms with Gasteiger partial charge in [0.1, 0.15) is 16.8 Å². The highest BCUT2D eigenvalue weighted by atomic mass is 35.5. The predicted molar refractivity (Wildman–Crippen MR) is 112 cm³/mol. The first-order valence-electron chi connectivity index (χ1n) is 8.88. The second kappa shape index (κ2) is 7.63. The summed E-state index contributed by atoms with van der Waals surface area (Å²) in [5.74, 6) is 0.802. The molecule has 4 rings (SSSR count). The third kappa shape index (κ3) is 3.44. The molecule has 3 aromatic rings. The van der Waals surface area contributed by atoms with E-state index in [0.717, 1.165) is 24.8 Å². The van der Waals surface area contributed by atoms with Gasteiger partial charge in [-0.2, -0.15) is 5.26 Å². The number of amides is 1. The number of nitrogens with zero attached hydrogens (tertiary/aromatic N) is 1. The summed E-state index contributed by atoms with van der Waals surface area (Å²) in [6.45, 7) is 2.21. The number of rotatable bonds is 3. The Hall–Kier alpha value is -2.26. The van der Waals surface area contributed by atoms with Crippen LogP contribution in [0.2, 0.25) is 10.0 Å². The lowest BCUT2D eigenvalue weighted by Gasteiger charge is -2.17. The second-order valence-corrected chi connectivity index (χ2v) is 8.78. The van der Waals surface area contributed by atoms with Crippen LogP contribution in [0.5, 0.6) is 0 Å². The Morgan fingerprint density at radius 3 is 2.93 bits per heavy atom. The third-order valence-electron chi connectivity index (χ3n) is 4.90. The normalized spacial score (nSPS) is 15.7. The summed E-state index contributed by atoms with van der Waals surface area (Å²) in [4.78, 5) is 13.9. The van der Waals surface area contributed by atoms with Crippen molar-refractivity contribution in [1.82, 2.24) is 0 Å². The Balaban J connectivity index is 1.60. The molecule has 0 radical (unpaired) electrons. The van der Waals surface area contributed by atoms with Crippen molar-refractivity contribution in [2.24, 2.45) is 5.92 Å². The number of thiophene rings is 1. The van der Waals surface area contributed by atoms with Crippen molar-refractivity contribution in [3.63, 3.8) is 0 Å². The lowest BCUT2D eigenvalue weighted by Crippen LogP contribution is -2.11. The maximum atomic E-state index is 12.7. The molecule has 0 saturated heterocycles. The Kier molecular flexibility index (Phi) is 5.20. The van der Waals surface area contributed by atoms with Gasteiger partial charge >= 0.3 is 0 Å². The van der Waals surface area contributed by atoms with Crippen LogP contribution in [0.25, 0.3) is 11.3 Å². The van der Waals surface area contributed by atoms with E-state index >= 15 is 0 Å². The zero-order chi connectivity index (χ0) is 19.8. The number of furan rings is 1. The van der Waals surface area contributed by atoms with Gasteiger partial charge in [-0.15, -0.1) is 11.3 Å². The van der Waals surface area contributed by atoms with Gasteiger partial charge in [-0.3, -0.25) is 4.79 Å². The van der Waals surface area contributed by atoms with Gasteiger partial charge in [0.25, 0.3) is 5.91 Å². The molecular weight excluding hydrogens is 415 g/mol. The monoisotopic (exact) mass is 430 g/mol. The van der Waals surface area contributed by atoms with E-state index in [-0.39, 0.29) is 5.76 Å². The lowest BCUT2D eigenvalue weighted by atomic mass is 9.89. The van der Waals surface area contributed by atoms with E-state index in [2.05, 4.69) is 18.3 Å². The van der Waals surface area contributed by atoms with E-state index in [1.807, 2.05) is 0 Å². The van der Waals surface area contributed by atoms with Crippen molar-refractivity contribution in [3.8, 4) is 17.4 Å². The van der Waals surface area contributed by atoms with Gasteiger partial charge in [0, 0.05) is 10.4 Å². The molecule has 0 unspecified atom stereocenters. The molecule has 1 N–H and O–H groups in total. The van der Waals surface area contributed by atoms with Gasteiger partial charge in [-0.05, 0) is 55.0 Å².